The van der Waals surface area contributed by atoms with Gasteiger partial charge in [0.05, 0.1) is 13.7 Å². The zero-order valence-corrected chi connectivity index (χ0v) is 8.26. The smallest absolute Gasteiger partial charge is 0.415 e. The van der Waals surface area contributed by atoms with Crippen LogP contribution in [0, 0.1) is 10.1 Å². The molecule has 0 spiro atoms. The largest absolute Gasteiger partial charge is 0.450 e. The van der Waals surface area contributed by atoms with E-state index >= 15 is 0 Å². The van der Waals surface area contributed by atoms with Crippen molar-refractivity contribution in [3.8, 4) is 0 Å². The predicted molar refractivity (Wildman–Crippen MR) is 50.5 cm³/mol. The van der Waals surface area contributed by atoms with Crippen molar-refractivity contribution in [3.63, 3.8) is 0 Å². The molecule has 1 heterocycles. The van der Waals surface area contributed by atoms with E-state index in [-0.39, 0.29) is 18.4 Å². The Morgan fingerprint density at radius 1 is 1.80 bits per heavy atom. The molecule has 0 saturated carbocycles. The number of rotatable bonds is 3. The molecule has 8 nitrogen and oxygen atoms in total. The first-order valence-corrected chi connectivity index (χ1v) is 4.16. The highest BCUT2D eigenvalue weighted by Crippen LogP contribution is 2.15. The first-order valence-electron chi connectivity index (χ1n) is 4.16. The summed E-state index contributed by atoms with van der Waals surface area (Å²) in [6.45, 7) is 1.87. The lowest BCUT2D eigenvalue weighted by molar-refractivity contribution is -0.391. The van der Waals surface area contributed by atoms with Crippen LogP contribution in [0.4, 0.5) is 16.6 Å². The maximum Gasteiger partial charge on any atom is 0.415 e. The van der Waals surface area contributed by atoms with Crippen molar-refractivity contribution in [3.05, 3.63) is 16.3 Å². The van der Waals surface area contributed by atoms with Crippen molar-refractivity contribution in [1.82, 2.24) is 9.55 Å². The van der Waals surface area contributed by atoms with E-state index in [2.05, 4.69) is 15.0 Å². The average Bonchev–Trinajstić information content (AvgIpc) is 2.48. The molecular weight excluding hydrogens is 204 g/mol. The van der Waals surface area contributed by atoms with Crippen LogP contribution in [0.1, 0.15) is 6.92 Å². The topological polar surface area (TPSA) is 99.3 Å². The number of carbonyl (C=O) groups excluding carboxylic acids is 1. The van der Waals surface area contributed by atoms with E-state index in [1.165, 1.54) is 7.05 Å². The Bertz CT molecular complexity index is 386. The molecule has 0 aliphatic heterocycles. The first kappa shape index (κ1) is 11.0. The quantitative estimate of drug-likeness (QED) is 0.595. The molecule has 0 fully saturated rings. The van der Waals surface area contributed by atoms with Crippen molar-refractivity contribution < 1.29 is 14.5 Å². The third kappa shape index (κ3) is 2.42. The Kier molecular flexibility index (Phi) is 3.21. The standard InChI is InChI=1S/C7H10N4O4/c1-3-15-7(12)9-6-8-4-5(10(6)2)11(13)14/h4H,3H2,1-2H3,(H,8,9,12). The average molecular weight is 214 g/mol. The molecule has 82 valence electrons. The highest BCUT2D eigenvalue weighted by atomic mass is 16.6. The Morgan fingerprint density at radius 2 is 2.47 bits per heavy atom. The molecule has 0 aliphatic rings. The first-order chi connectivity index (χ1) is 7.06. The van der Waals surface area contributed by atoms with E-state index in [1.807, 2.05) is 0 Å². The van der Waals surface area contributed by atoms with Crippen molar-refractivity contribution >= 4 is 17.9 Å². The number of anilines is 1. The maximum absolute atomic E-state index is 11.0. The number of hydrogen-bond donors (Lipinski definition) is 1. The molecule has 1 rings (SSSR count). The summed E-state index contributed by atoms with van der Waals surface area (Å²) in [6.07, 6.45) is 0.364. The number of nitrogens with one attached hydrogen (secondary N) is 1. The van der Waals surface area contributed by atoms with Gasteiger partial charge in [-0.2, -0.15) is 9.55 Å². The number of carbonyl (C=O) groups is 1. The van der Waals surface area contributed by atoms with E-state index in [0.717, 1.165) is 10.8 Å². The van der Waals surface area contributed by atoms with Gasteiger partial charge in [-0.25, -0.2) is 10.1 Å². The van der Waals surface area contributed by atoms with Gasteiger partial charge in [0.1, 0.15) is 6.20 Å². The highest BCUT2D eigenvalue weighted by Gasteiger charge is 2.18. The molecule has 8 heteroatoms. The molecule has 1 amide bonds. The lowest BCUT2D eigenvalue weighted by Crippen LogP contribution is -2.16. The number of hydrogen-bond acceptors (Lipinski definition) is 5. The SMILES string of the molecule is CCOC(=O)Nc1ncc([N+](=O)[O-])n1C. The lowest BCUT2D eigenvalue weighted by Gasteiger charge is -2.01. The number of nitrogens with zero attached hydrogens (tertiary/aromatic N) is 3. The molecule has 1 N–H and O–H groups in total. The normalized spacial score (nSPS) is 9.73. The third-order valence-electron chi connectivity index (χ3n) is 1.64. The monoisotopic (exact) mass is 214 g/mol. The fourth-order valence-corrected chi connectivity index (χ4v) is 0.945. The molecule has 0 unspecified atom stereocenters. The van der Waals surface area contributed by atoms with Crippen LogP contribution >= 0.6 is 0 Å². The lowest BCUT2D eigenvalue weighted by atomic mass is 10.7. The van der Waals surface area contributed by atoms with E-state index in [0.29, 0.717) is 0 Å². The van der Waals surface area contributed by atoms with Crippen LogP contribution < -0.4 is 5.32 Å². The minimum atomic E-state index is -0.693. The third-order valence-corrected chi connectivity index (χ3v) is 1.64. The number of ether oxygens (including phenoxy) is 1. The fraction of sp³-hybridized carbons (Fsp3) is 0.429. The molecule has 0 aliphatic carbocycles. The molecule has 0 radical (unpaired) electrons. The van der Waals surface area contributed by atoms with Crippen LogP contribution in [0.15, 0.2) is 6.20 Å². The highest BCUT2D eigenvalue weighted by molar-refractivity contribution is 5.82. The van der Waals surface area contributed by atoms with Gasteiger partial charge < -0.3 is 14.9 Å². The van der Waals surface area contributed by atoms with Gasteiger partial charge in [0.2, 0.25) is 0 Å². The Morgan fingerprint density at radius 3 is 2.93 bits per heavy atom. The molecule has 0 bridgehead atoms. The van der Waals surface area contributed by atoms with Crippen molar-refractivity contribution in [2.24, 2.45) is 7.05 Å². The second-order valence-electron chi connectivity index (χ2n) is 2.60. The molecular formula is C7H10N4O4. The Balaban J connectivity index is 2.79. The number of nitro groups is 1. The van der Waals surface area contributed by atoms with Gasteiger partial charge in [-0.05, 0) is 11.8 Å². The van der Waals surface area contributed by atoms with Gasteiger partial charge in [-0.1, -0.05) is 0 Å². The van der Waals surface area contributed by atoms with Gasteiger partial charge in [-0.3, -0.25) is 0 Å². The van der Waals surface area contributed by atoms with Crippen molar-refractivity contribution in [2.45, 2.75) is 6.92 Å². The minimum absolute atomic E-state index is 0.0696. The second kappa shape index (κ2) is 4.40. The molecule has 0 saturated heterocycles. The molecule has 0 aromatic carbocycles. The summed E-state index contributed by atoms with van der Waals surface area (Å²) in [6, 6.07) is 0. The fourth-order valence-electron chi connectivity index (χ4n) is 0.945. The molecule has 15 heavy (non-hydrogen) atoms. The van der Waals surface area contributed by atoms with Crippen LogP contribution in [-0.4, -0.2) is 27.2 Å². The van der Waals surface area contributed by atoms with Gasteiger partial charge in [0, 0.05) is 0 Å². The van der Waals surface area contributed by atoms with Gasteiger partial charge >= 0.3 is 17.9 Å². The molecule has 1 aromatic rings. The van der Waals surface area contributed by atoms with Crippen molar-refractivity contribution in [1.29, 1.82) is 0 Å². The number of aromatic nitrogens is 2. The van der Waals surface area contributed by atoms with Crippen LogP contribution in [0.5, 0.6) is 0 Å². The Labute approximate surface area is 85.0 Å². The van der Waals surface area contributed by atoms with Crippen molar-refractivity contribution in [2.75, 3.05) is 11.9 Å². The molecule has 1 aromatic heterocycles. The Hall–Kier alpha value is -2.12. The van der Waals surface area contributed by atoms with E-state index in [4.69, 9.17) is 0 Å². The van der Waals surface area contributed by atoms with Crippen LogP contribution in [0.2, 0.25) is 0 Å². The van der Waals surface area contributed by atoms with E-state index in [1.54, 1.807) is 6.92 Å². The summed E-state index contributed by atoms with van der Waals surface area (Å²) in [4.78, 5) is 24.5. The summed E-state index contributed by atoms with van der Waals surface area (Å²) in [5.41, 5.74) is 0. The zero-order chi connectivity index (χ0) is 11.4. The minimum Gasteiger partial charge on any atom is -0.450 e. The summed E-state index contributed by atoms with van der Waals surface area (Å²) in [5, 5.41) is 12.7. The summed E-state index contributed by atoms with van der Waals surface area (Å²) in [7, 11) is 1.42. The van der Waals surface area contributed by atoms with Crippen LogP contribution in [0.25, 0.3) is 0 Å². The number of imidazole rings is 1. The number of amides is 1. The summed E-state index contributed by atoms with van der Waals surface area (Å²) in [5.74, 6) is -0.137. The van der Waals surface area contributed by atoms with E-state index < -0.39 is 11.0 Å². The van der Waals surface area contributed by atoms with Crippen LogP contribution in [0.3, 0.4) is 0 Å². The predicted octanol–water partition coefficient (Wildman–Crippen LogP) is 0.897. The van der Waals surface area contributed by atoms with Gasteiger partial charge in [-0.15, -0.1) is 0 Å². The zero-order valence-electron chi connectivity index (χ0n) is 8.26. The van der Waals surface area contributed by atoms with Gasteiger partial charge in [0.25, 0.3) is 0 Å². The van der Waals surface area contributed by atoms with Gasteiger partial charge in [0.15, 0.2) is 0 Å². The summed E-state index contributed by atoms with van der Waals surface area (Å²) >= 11 is 0. The summed E-state index contributed by atoms with van der Waals surface area (Å²) < 4.78 is 5.75. The maximum atomic E-state index is 11.0. The van der Waals surface area contributed by atoms with E-state index in [9.17, 15) is 14.9 Å². The second-order valence-corrected chi connectivity index (χ2v) is 2.60. The molecule has 0 atom stereocenters. The van der Waals surface area contributed by atoms with Crippen LogP contribution in [-0.2, 0) is 11.8 Å².